The molecule has 1 heterocycles. The Morgan fingerprint density at radius 3 is 2.38 bits per heavy atom. The zero-order chi connectivity index (χ0) is 24.3. The third-order valence-electron chi connectivity index (χ3n) is 5.28. The second-order valence-corrected chi connectivity index (χ2v) is 7.78. The van der Waals surface area contributed by atoms with E-state index in [-0.39, 0.29) is 5.69 Å². The van der Waals surface area contributed by atoms with E-state index in [2.05, 4.69) is 15.6 Å². The van der Waals surface area contributed by atoms with Crippen LogP contribution in [0.1, 0.15) is 16.7 Å². The van der Waals surface area contributed by atoms with E-state index >= 15 is 0 Å². The Bertz CT molecular complexity index is 1400. The number of nitrogens with one attached hydrogen (secondary N) is 2. The number of hydrogen-bond donors (Lipinski definition) is 2. The van der Waals surface area contributed by atoms with Gasteiger partial charge in [0.1, 0.15) is 12.4 Å². The second-order valence-electron chi connectivity index (χ2n) is 7.78. The van der Waals surface area contributed by atoms with Crippen LogP contribution in [0.2, 0.25) is 0 Å². The third kappa shape index (κ3) is 5.09. The van der Waals surface area contributed by atoms with Crippen LogP contribution in [0.5, 0.6) is 0 Å². The summed E-state index contributed by atoms with van der Waals surface area (Å²) in [7, 11) is 0. The molecule has 0 saturated heterocycles. The Labute approximate surface area is 193 Å². The fourth-order valence-electron chi connectivity index (χ4n) is 3.58. The molecule has 4 aromatic rings. The van der Waals surface area contributed by atoms with Gasteiger partial charge in [0.15, 0.2) is 0 Å². The summed E-state index contributed by atoms with van der Waals surface area (Å²) in [6.07, 6.45) is -4.63. The second kappa shape index (κ2) is 9.38. The van der Waals surface area contributed by atoms with Gasteiger partial charge in [-0.1, -0.05) is 54.1 Å². The third-order valence-corrected chi connectivity index (χ3v) is 5.28. The molecule has 4 rings (SSSR count). The lowest BCUT2D eigenvalue weighted by atomic mass is 10.1. The standard InChI is InChI=1S/C25H21F3N4O2/c1-16-10-12-17(13-11-16)14-29-23-18-6-2-5-9-21(18)32(24(34)31-23)15-22(33)30-20-8-4-3-7-19(20)25(26,27)28/h2-13H,14-15H2,1H3,(H,30,33)(H,29,31,34). The first-order valence-electron chi connectivity index (χ1n) is 10.5. The molecule has 0 aliphatic heterocycles. The first kappa shape index (κ1) is 23.0. The van der Waals surface area contributed by atoms with E-state index in [1.165, 1.54) is 12.1 Å². The van der Waals surface area contributed by atoms with E-state index in [0.717, 1.165) is 27.8 Å². The Kier molecular flexibility index (Phi) is 6.36. The number of aromatic nitrogens is 2. The number of carbonyl (C=O) groups excluding carboxylic acids is 1. The summed E-state index contributed by atoms with van der Waals surface area (Å²) in [6, 6.07) is 19.5. The van der Waals surface area contributed by atoms with Gasteiger partial charge in [-0.15, -0.1) is 0 Å². The minimum atomic E-state index is -4.63. The number of hydrogen-bond acceptors (Lipinski definition) is 4. The minimum absolute atomic E-state index is 0.361. The molecule has 174 valence electrons. The molecule has 0 fully saturated rings. The quantitative estimate of drug-likeness (QED) is 0.421. The zero-order valence-corrected chi connectivity index (χ0v) is 18.2. The molecule has 34 heavy (non-hydrogen) atoms. The van der Waals surface area contributed by atoms with Crippen molar-refractivity contribution in [2.75, 3.05) is 10.6 Å². The number of amides is 1. The van der Waals surface area contributed by atoms with Crippen LogP contribution in [0.4, 0.5) is 24.7 Å². The van der Waals surface area contributed by atoms with Gasteiger partial charge in [0.25, 0.3) is 0 Å². The maximum Gasteiger partial charge on any atom is 0.418 e. The van der Waals surface area contributed by atoms with Gasteiger partial charge in [-0.25, -0.2) is 4.79 Å². The van der Waals surface area contributed by atoms with E-state index in [1.807, 2.05) is 31.2 Å². The number of anilines is 2. The first-order valence-corrected chi connectivity index (χ1v) is 10.5. The Morgan fingerprint density at radius 1 is 0.971 bits per heavy atom. The molecule has 1 aromatic heterocycles. The van der Waals surface area contributed by atoms with Gasteiger partial charge in [-0.3, -0.25) is 9.36 Å². The van der Waals surface area contributed by atoms with E-state index in [4.69, 9.17) is 0 Å². The lowest BCUT2D eigenvalue weighted by molar-refractivity contribution is -0.137. The predicted octanol–water partition coefficient (Wildman–Crippen LogP) is 4.97. The van der Waals surface area contributed by atoms with E-state index < -0.39 is 29.9 Å². The molecule has 0 aliphatic rings. The van der Waals surface area contributed by atoms with E-state index in [1.54, 1.807) is 24.3 Å². The highest BCUT2D eigenvalue weighted by Gasteiger charge is 2.33. The van der Waals surface area contributed by atoms with Gasteiger partial charge in [0.05, 0.1) is 16.8 Å². The van der Waals surface area contributed by atoms with Crippen molar-refractivity contribution in [1.29, 1.82) is 0 Å². The van der Waals surface area contributed by atoms with Crippen LogP contribution in [0.3, 0.4) is 0 Å². The van der Waals surface area contributed by atoms with Crippen LogP contribution in [0.15, 0.2) is 77.6 Å². The Hall–Kier alpha value is -4.14. The van der Waals surface area contributed by atoms with Gasteiger partial charge in [-0.2, -0.15) is 18.2 Å². The highest BCUT2D eigenvalue weighted by atomic mass is 19.4. The summed E-state index contributed by atoms with van der Waals surface area (Å²) in [5.74, 6) is -0.411. The summed E-state index contributed by atoms with van der Waals surface area (Å²) in [5, 5.41) is 6.03. The van der Waals surface area contributed by atoms with E-state index in [0.29, 0.717) is 23.3 Å². The first-order chi connectivity index (χ1) is 16.2. The summed E-state index contributed by atoms with van der Waals surface area (Å²) < 4.78 is 40.8. The molecule has 0 radical (unpaired) electrons. The number of para-hydroxylation sites is 2. The normalized spacial score (nSPS) is 11.4. The molecule has 0 atom stereocenters. The molecule has 0 aliphatic carbocycles. The highest BCUT2D eigenvalue weighted by molar-refractivity contribution is 5.94. The van der Waals surface area contributed by atoms with Gasteiger partial charge in [0.2, 0.25) is 5.91 Å². The zero-order valence-electron chi connectivity index (χ0n) is 18.2. The SMILES string of the molecule is Cc1ccc(CNc2nc(=O)n(CC(=O)Nc3ccccc3C(F)(F)F)c3ccccc23)cc1. The van der Waals surface area contributed by atoms with Crippen molar-refractivity contribution in [1.82, 2.24) is 9.55 Å². The number of fused-ring (bicyclic) bond motifs is 1. The van der Waals surface area contributed by atoms with Crippen LogP contribution in [-0.2, 0) is 24.1 Å². The number of halogens is 3. The highest BCUT2D eigenvalue weighted by Crippen LogP contribution is 2.34. The number of carbonyl (C=O) groups is 1. The van der Waals surface area contributed by atoms with Crippen LogP contribution in [-0.4, -0.2) is 15.5 Å². The maximum absolute atomic E-state index is 13.2. The summed E-state index contributed by atoms with van der Waals surface area (Å²) in [6.45, 7) is 1.94. The molecule has 1 amide bonds. The Balaban J connectivity index is 1.60. The van der Waals surface area contributed by atoms with Gasteiger partial charge >= 0.3 is 11.9 Å². The predicted molar refractivity (Wildman–Crippen MR) is 125 cm³/mol. The molecule has 0 spiro atoms. The molecule has 0 bridgehead atoms. The molecule has 2 N–H and O–H groups in total. The Morgan fingerprint density at radius 2 is 1.65 bits per heavy atom. The number of benzene rings is 3. The monoisotopic (exact) mass is 466 g/mol. The fraction of sp³-hybridized carbons (Fsp3) is 0.160. The van der Waals surface area contributed by atoms with Crippen molar-refractivity contribution in [3.8, 4) is 0 Å². The fourth-order valence-corrected chi connectivity index (χ4v) is 3.58. The number of nitrogens with zero attached hydrogens (tertiary/aromatic N) is 2. The van der Waals surface area contributed by atoms with Crippen LogP contribution >= 0.6 is 0 Å². The molecular weight excluding hydrogens is 445 g/mol. The van der Waals surface area contributed by atoms with Crippen molar-refractivity contribution in [3.63, 3.8) is 0 Å². The lowest BCUT2D eigenvalue weighted by Gasteiger charge is -2.16. The summed E-state index contributed by atoms with van der Waals surface area (Å²) in [4.78, 5) is 29.5. The summed E-state index contributed by atoms with van der Waals surface area (Å²) >= 11 is 0. The number of rotatable bonds is 6. The average Bonchev–Trinajstić information content (AvgIpc) is 2.80. The van der Waals surface area contributed by atoms with Crippen LogP contribution < -0.4 is 16.3 Å². The van der Waals surface area contributed by atoms with Crippen molar-refractivity contribution >= 4 is 28.3 Å². The molecule has 0 saturated carbocycles. The average molecular weight is 466 g/mol. The van der Waals surface area contributed by atoms with Gasteiger partial charge in [0, 0.05) is 11.9 Å². The lowest BCUT2D eigenvalue weighted by Crippen LogP contribution is -2.30. The number of alkyl halides is 3. The van der Waals surface area contributed by atoms with Crippen molar-refractivity contribution < 1.29 is 18.0 Å². The minimum Gasteiger partial charge on any atom is -0.365 e. The molecule has 0 unspecified atom stereocenters. The van der Waals surface area contributed by atoms with Crippen molar-refractivity contribution in [2.24, 2.45) is 0 Å². The van der Waals surface area contributed by atoms with Crippen LogP contribution in [0, 0.1) is 6.92 Å². The van der Waals surface area contributed by atoms with Crippen molar-refractivity contribution in [3.05, 3.63) is 100.0 Å². The van der Waals surface area contributed by atoms with E-state index in [9.17, 15) is 22.8 Å². The molecule has 6 nitrogen and oxygen atoms in total. The topological polar surface area (TPSA) is 76.0 Å². The van der Waals surface area contributed by atoms with Gasteiger partial charge in [-0.05, 0) is 36.8 Å². The van der Waals surface area contributed by atoms with Crippen molar-refractivity contribution in [2.45, 2.75) is 26.2 Å². The maximum atomic E-state index is 13.2. The summed E-state index contributed by atoms with van der Waals surface area (Å²) in [5.41, 5.74) is 0.544. The largest absolute Gasteiger partial charge is 0.418 e. The molecular formula is C25H21F3N4O2. The molecule has 9 heteroatoms. The van der Waals surface area contributed by atoms with Crippen LogP contribution in [0.25, 0.3) is 10.9 Å². The smallest absolute Gasteiger partial charge is 0.365 e. The van der Waals surface area contributed by atoms with Gasteiger partial charge < -0.3 is 10.6 Å². The molecule has 3 aromatic carbocycles. The number of aryl methyl sites for hydroxylation is 1.